The van der Waals surface area contributed by atoms with Crippen molar-refractivity contribution in [2.45, 2.75) is 13.0 Å². The molecular formula is C12H11ClFNS. The van der Waals surface area contributed by atoms with Crippen molar-refractivity contribution >= 4 is 22.9 Å². The van der Waals surface area contributed by atoms with Gasteiger partial charge in [0.1, 0.15) is 5.82 Å². The molecule has 0 aliphatic rings. The Morgan fingerprint density at radius 2 is 2.06 bits per heavy atom. The van der Waals surface area contributed by atoms with Gasteiger partial charge in [0.05, 0.1) is 11.1 Å². The van der Waals surface area contributed by atoms with Crippen molar-refractivity contribution in [1.29, 1.82) is 0 Å². The first-order chi connectivity index (χ1) is 7.58. The van der Waals surface area contributed by atoms with Crippen molar-refractivity contribution < 1.29 is 4.39 Å². The molecule has 0 aliphatic heterocycles. The molecule has 2 rings (SSSR count). The molecule has 2 N–H and O–H groups in total. The summed E-state index contributed by atoms with van der Waals surface area (Å²) < 4.78 is 13.0. The average molecular weight is 256 g/mol. The van der Waals surface area contributed by atoms with Crippen molar-refractivity contribution in [2.75, 3.05) is 0 Å². The molecule has 4 heteroatoms. The van der Waals surface area contributed by atoms with Gasteiger partial charge >= 0.3 is 0 Å². The molecule has 1 unspecified atom stereocenters. The monoisotopic (exact) mass is 255 g/mol. The topological polar surface area (TPSA) is 26.0 Å². The first-order valence-corrected chi connectivity index (χ1v) is 6.04. The normalized spacial score (nSPS) is 12.8. The molecule has 0 radical (unpaired) electrons. The van der Waals surface area contributed by atoms with Gasteiger partial charge in [-0.3, -0.25) is 0 Å². The van der Waals surface area contributed by atoms with E-state index in [1.165, 1.54) is 10.9 Å². The Balaban J connectivity index is 2.33. The minimum atomic E-state index is -0.417. The summed E-state index contributed by atoms with van der Waals surface area (Å²) in [6.45, 7) is 2.03. The lowest BCUT2D eigenvalue weighted by molar-refractivity contribution is 0.627. The molecule has 0 aliphatic carbocycles. The maximum absolute atomic E-state index is 13.0. The lowest BCUT2D eigenvalue weighted by atomic mass is 10.1. The van der Waals surface area contributed by atoms with E-state index in [4.69, 9.17) is 17.3 Å². The predicted octanol–water partition coefficient (Wildman–Crippen LogP) is 3.90. The van der Waals surface area contributed by atoms with E-state index in [0.29, 0.717) is 0 Å². The van der Waals surface area contributed by atoms with Crippen LogP contribution in [0.3, 0.4) is 0 Å². The molecule has 1 aromatic carbocycles. The zero-order chi connectivity index (χ0) is 11.7. The second-order valence-electron chi connectivity index (χ2n) is 3.60. The molecule has 0 spiro atoms. The summed E-state index contributed by atoms with van der Waals surface area (Å²) in [5.74, 6) is -0.417. The number of nitrogens with two attached hydrogens (primary N) is 1. The molecule has 0 fully saturated rings. The van der Waals surface area contributed by atoms with Crippen LogP contribution >= 0.6 is 22.9 Å². The van der Waals surface area contributed by atoms with E-state index in [2.05, 4.69) is 0 Å². The van der Waals surface area contributed by atoms with Crippen LogP contribution in [0.1, 0.15) is 21.4 Å². The van der Waals surface area contributed by atoms with Crippen LogP contribution in [0, 0.1) is 12.7 Å². The average Bonchev–Trinajstić information content (AvgIpc) is 2.68. The van der Waals surface area contributed by atoms with Crippen molar-refractivity contribution in [3.05, 3.63) is 56.5 Å². The minimum Gasteiger partial charge on any atom is -0.320 e. The van der Waals surface area contributed by atoms with Gasteiger partial charge in [0.2, 0.25) is 0 Å². The fraction of sp³-hybridized carbons (Fsp3) is 0.167. The quantitative estimate of drug-likeness (QED) is 0.866. The molecule has 2 aromatic rings. The number of hydrogen-bond donors (Lipinski definition) is 1. The Hall–Kier alpha value is -0.900. The second-order valence-corrected chi connectivity index (χ2v) is 5.33. The molecule has 16 heavy (non-hydrogen) atoms. The highest BCUT2D eigenvalue weighted by atomic mass is 35.5. The Kier molecular flexibility index (Phi) is 3.28. The highest BCUT2D eigenvalue weighted by molar-refractivity contribution is 7.12. The van der Waals surface area contributed by atoms with Crippen molar-refractivity contribution in [1.82, 2.24) is 0 Å². The van der Waals surface area contributed by atoms with Gasteiger partial charge in [0, 0.05) is 9.75 Å². The van der Waals surface area contributed by atoms with E-state index in [1.54, 1.807) is 23.5 Å². The zero-order valence-corrected chi connectivity index (χ0v) is 10.3. The minimum absolute atomic E-state index is 0.112. The smallest absolute Gasteiger partial charge is 0.141 e. The summed E-state index contributed by atoms with van der Waals surface area (Å²) >= 11 is 7.36. The van der Waals surface area contributed by atoms with E-state index >= 15 is 0 Å². The van der Waals surface area contributed by atoms with Crippen molar-refractivity contribution in [3.8, 4) is 0 Å². The molecule has 1 atom stereocenters. The Morgan fingerprint density at radius 3 is 2.62 bits per heavy atom. The van der Waals surface area contributed by atoms with E-state index < -0.39 is 5.82 Å². The highest BCUT2D eigenvalue weighted by Gasteiger charge is 2.12. The van der Waals surface area contributed by atoms with Crippen LogP contribution in [0.2, 0.25) is 5.02 Å². The number of rotatable bonds is 2. The summed E-state index contributed by atoms with van der Waals surface area (Å²) in [7, 11) is 0. The third-order valence-electron chi connectivity index (χ3n) is 2.37. The van der Waals surface area contributed by atoms with Gasteiger partial charge in [0.25, 0.3) is 0 Å². The van der Waals surface area contributed by atoms with Gasteiger partial charge in [-0.05, 0) is 36.8 Å². The van der Waals surface area contributed by atoms with Gasteiger partial charge in [-0.2, -0.15) is 0 Å². The first-order valence-electron chi connectivity index (χ1n) is 4.85. The van der Waals surface area contributed by atoms with Crippen molar-refractivity contribution in [2.24, 2.45) is 5.73 Å². The maximum atomic E-state index is 13.0. The lowest BCUT2D eigenvalue weighted by Crippen LogP contribution is -2.10. The third-order valence-corrected chi connectivity index (χ3v) is 3.74. The van der Waals surface area contributed by atoms with Crippen LogP contribution in [0.4, 0.5) is 4.39 Å². The number of halogens is 2. The van der Waals surface area contributed by atoms with Crippen LogP contribution in [-0.4, -0.2) is 0 Å². The maximum Gasteiger partial charge on any atom is 0.141 e. The Labute approximate surface area is 103 Å². The molecule has 1 heterocycles. The van der Waals surface area contributed by atoms with Gasteiger partial charge < -0.3 is 5.73 Å². The molecule has 0 saturated heterocycles. The molecule has 0 saturated carbocycles. The number of aryl methyl sites for hydroxylation is 1. The summed E-state index contributed by atoms with van der Waals surface area (Å²) in [6, 6.07) is 8.36. The second kappa shape index (κ2) is 4.53. The lowest BCUT2D eigenvalue weighted by Gasteiger charge is -2.10. The number of hydrogen-bond acceptors (Lipinski definition) is 2. The largest absolute Gasteiger partial charge is 0.320 e. The zero-order valence-electron chi connectivity index (χ0n) is 8.71. The summed E-state index contributed by atoms with van der Waals surface area (Å²) in [6.07, 6.45) is 0. The Morgan fingerprint density at radius 1 is 1.31 bits per heavy atom. The van der Waals surface area contributed by atoms with E-state index in [9.17, 15) is 4.39 Å². The fourth-order valence-corrected chi connectivity index (χ4v) is 2.59. The van der Waals surface area contributed by atoms with E-state index in [0.717, 1.165) is 10.4 Å². The van der Waals surface area contributed by atoms with Gasteiger partial charge in [-0.15, -0.1) is 11.3 Å². The van der Waals surface area contributed by atoms with Crippen LogP contribution < -0.4 is 5.73 Å². The first kappa shape index (κ1) is 11.6. The molecule has 0 amide bonds. The molecular weight excluding hydrogens is 245 g/mol. The van der Waals surface area contributed by atoms with Crippen LogP contribution in [0.15, 0.2) is 30.3 Å². The fourth-order valence-electron chi connectivity index (χ4n) is 1.49. The van der Waals surface area contributed by atoms with E-state index in [-0.39, 0.29) is 11.1 Å². The van der Waals surface area contributed by atoms with Crippen LogP contribution in [0.25, 0.3) is 0 Å². The molecule has 84 valence electrons. The molecule has 1 nitrogen and oxygen atoms in total. The van der Waals surface area contributed by atoms with Crippen LogP contribution in [0.5, 0.6) is 0 Å². The number of thiophene rings is 1. The predicted molar refractivity (Wildman–Crippen MR) is 66.5 cm³/mol. The highest BCUT2D eigenvalue weighted by Crippen LogP contribution is 2.28. The van der Waals surface area contributed by atoms with E-state index in [1.807, 2.05) is 19.1 Å². The standard InChI is InChI=1S/C12H11ClFNS/c1-7-2-5-11(16-7)12(15)8-3-4-10(14)9(13)6-8/h2-6,12H,15H2,1H3. The summed E-state index contributed by atoms with van der Waals surface area (Å²) in [4.78, 5) is 2.26. The summed E-state index contributed by atoms with van der Waals surface area (Å²) in [5, 5.41) is 0.112. The molecule has 1 aromatic heterocycles. The van der Waals surface area contributed by atoms with Crippen molar-refractivity contribution in [3.63, 3.8) is 0 Å². The third kappa shape index (κ3) is 2.26. The van der Waals surface area contributed by atoms with Gasteiger partial charge in [-0.1, -0.05) is 17.7 Å². The van der Waals surface area contributed by atoms with Gasteiger partial charge in [0.15, 0.2) is 0 Å². The summed E-state index contributed by atoms with van der Waals surface area (Å²) in [5.41, 5.74) is 6.91. The molecule has 0 bridgehead atoms. The van der Waals surface area contributed by atoms with Crippen LogP contribution in [-0.2, 0) is 0 Å². The Bertz CT molecular complexity index is 509. The SMILES string of the molecule is Cc1ccc(C(N)c2ccc(F)c(Cl)c2)s1. The number of benzene rings is 1. The van der Waals surface area contributed by atoms with Gasteiger partial charge in [-0.25, -0.2) is 4.39 Å².